The Morgan fingerprint density at radius 3 is 1.93 bits per heavy atom. The van der Waals surface area contributed by atoms with Crippen LogP contribution in [0.4, 0.5) is 0 Å². The molecule has 6 heteroatoms. The van der Waals surface area contributed by atoms with E-state index in [4.69, 9.17) is 15.4 Å². The average molecular weight is 233 g/mol. The fourth-order valence-corrected chi connectivity index (χ4v) is 1.19. The Bertz CT molecular complexity index is 370. The van der Waals surface area contributed by atoms with E-state index in [9.17, 15) is 8.42 Å². The number of rotatable bonds is 2. The first-order chi connectivity index (χ1) is 6.91. The molecule has 0 aliphatic carbocycles. The van der Waals surface area contributed by atoms with Crippen molar-refractivity contribution in [2.24, 2.45) is 5.73 Å². The van der Waals surface area contributed by atoms with Gasteiger partial charge in [-0.15, -0.1) is 0 Å². The molecule has 86 valence electrons. The van der Waals surface area contributed by atoms with E-state index in [2.05, 4.69) is 0 Å². The molecule has 0 radical (unpaired) electrons. The second-order valence-corrected chi connectivity index (χ2v) is 4.22. The van der Waals surface area contributed by atoms with Crippen LogP contribution in [0.1, 0.15) is 5.56 Å². The minimum Gasteiger partial charge on any atom is -0.395 e. The van der Waals surface area contributed by atoms with E-state index in [0.717, 1.165) is 5.56 Å². The summed E-state index contributed by atoms with van der Waals surface area (Å²) in [6, 6.07) is 5.99. The predicted octanol–water partition coefficient (Wildman–Crippen LogP) is 0.179. The zero-order chi connectivity index (χ0) is 11.9. The van der Waals surface area contributed by atoms with E-state index in [-0.39, 0.29) is 11.5 Å². The summed E-state index contributed by atoms with van der Waals surface area (Å²) in [6.07, 6.45) is 0. The zero-order valence-electron chi connectivity index (χ0n) is 8.42. The minimum absolute atomic E-state index is 0.0666. The Kier molecular flexibility index (Phi) is 6.11. The normalized spacial score (nSPS) is 10.4. The number of hydrogen-bond acceptors (Lipinski definition) is 4. The molecule has 0 amide bonds. The van der Waals surface area contributed by atoms with E-state index < -0.39 is 10.1 Å². The van der Waals surface area contributed by atoms with Crippen LogP contribution in [0, 0.1) is 6.92 Å². The molecular formula is C9H15NO4S. The molecule has 0 atom stereocenters. The van der Waals surface area contributed by atoms with Crippen molar-refractivity contribution >= 4 is 10.1 Å². The van der Waals surface area contributed by atoms with Crippen molar-refractivity contribution in [3.05, 3.63) is 29.8 Å². The number of aliphatic hydroxyl groups is 1. The maximum Gasteiger partial charge on any atom is 0.294 e. The van der Waals surface area contributed by atoms with E-state index in [1.165, 1.54) is 12.1 Å². The van der Waals surface area contributed by atoms with Crippen molar-refractivity contribution < 1.29 is 18.1 Å². The molecule has 0 saturated carbocycles. The molecule has 1 aromatic carbocycles. The Balaban J connectivity index is 0.000000423. The van der Waals surface area contributed by atoms with Crippen molar-refractivity contribution in [2.75, 3.05) is 13.2 Å². The summed E-state index contributed by atoms with van der Waals surface area (Å²) >= 11 is 0. The van der Waals surface area contributed by atoms with Gasteiger partial charge in [0.25, 0.3) is 10.1 Å². The van der Waals surface area contributed by atoms with Gasteiger partial charge >= 0.3 is 0 Å². The number of aryl methyl sites for hydroxylation is 1. The smallest absolute Gasteiger partial charge is 0.294 e. The molecule has 0 saturated heterocycles. The monoisotopic (exact) mass is 233 g/mol. The lowest BCUT2D eigenvalue weighted by molar-refractivity contribution is 0.306. The predicted molar refractivity (Wildman–Crippen MR) is 57.1 cm³/mol. The highest BCUT2D eigenvalue weighted by Crippen LogP contribution is 2.08. The molecule has 4 N–H and O–H groups in total. The maximum atomic E-state index is 10.5. The van der Waals surface area contributed by atoms with Gasteiger partial charge in [0.15, 0.2) is 0 Å². The van der Waals surface area contributed by atoms with Crippen LogP contribution in [0.15, 0.2) is 29.2 Å². The highest BCUT2D eigenvalue weighted by molar-refractivity contribution is 7.85. The van der Waals surface area contributed by atoms with Crippen LogP contribution >= 0.6 is 0 Å². The number of hydrogen-bond donors (Lipinski definition) is 3. The molecule has 0 aliphatic rings. The van der Waals surface area contributed by atoms with Crippen LogP contribution in [0.25, 0.3) is 0 Å². The third kappa shape index (κ3) is 6.19. The Morgan fingerprint density at radius 2 is 1.67 bits per heavy atom. The molecule has 0 fully saturated rings. The van der Waals surface area contributed by atoms with Crippen LogP contribution in [0.3, 0.4) is 0 Å². The van der Waals surface area contributed by atoms with Crippen molar-refractivity contribution in [1.29, 1.82) is 0 Å². The van der Waals surface area contributed by atoms with Crippen molar-refractivity contribution in [3.8, 4) is 0 Å². The van der Waals surface area contributed by atoms with Gasteiger partial charge in [0.05, 0.1) is 11.5 Å². The van der Waals surface area contributed by atoms with Gasteiger partial charge in [-0.05, 0) is 19.1 Å². The van der Waals surface area contributed by atoms with E-state index in [1.807, 2.05) is 6.92 Å². The van der Waals surface area contributed by atoms with E-state index in [1.54, 1.807) is 12.1 Å². The Morgan fingerprint density at radius 1 is 1.27 bits per heavy atom. The molecule has 0 unspecified atom stereocenters. The van der Waals surface area contributed by atoms with Crippen molar-refractivity contribution in [1.82, 2.24) is 0 Å². The second-order valence-electron chi connectivity index (χ2n) is 2.80. The van der Waals surface area contributed by atoms with Crippen molar-refractivity contribution in [2.45, 2.75) is 11.8 Å². The molecule has 15 heavy (non-hydrogen) atoms. The van der Waals surface area contributed by atoms with Crippen LogP contribution in [-0.4, -0.2) is 31.2 Å². The van der Waals surface area contributed by atoms with Gasteiger partial charge in [-0.1, -0.05) is 17.7 Å². The summed E-state index contributed by atoms with van der Waals surface area (Å²) in [5.74, 6) is 0. The topological polar surface area (TPSA) is 101 Å². The summed E-state index contributed by atoms with van der Waals surface area (Å²) in [6.45, 7) is 2.31. The fourth-order valence-electron chi connectivity index (χ4n) is 0.710. The van der Waals surface area contributed by atoms with E-state index in [0.29, 0.717) is 6.54 Å². The summed E-state index contributed by atoms with van der Waals surface area (Å²) in [5, 5.41) is 7.75. The maximum absolute atomic E-state index is 10.5. The van der Waals surface area contributed by atoms with Gasteiger partial charge in [-0.25, -0.2) is 0 Å². The molecule has 0 aromatic heterocycles. The molecule has 0 spiro atoms. The lowest BCUT2D eigenvalue weighted by atomic mass is 10.2. The molecular weight excluding hydrogens is 218 g/mol. The largest absolute Gasteiger partial charge is 0.395 e. The minimum atomic E-state index is -4.02. The second kappa shape index (κ2) is 6.52. The van der Waals surface area contributed by atoms with Crippen LogP contribution in [0.5, 0.6) is 0 Å². The highest BCUT2D eigenvalue weighted by atomic mass is 32.2. The summed E-state index contributed by atoms with van der Waals surface area (Å²) < 4.78 is 29.6. The Hall–Kier alpha value is -0.950. The molecule has 1 aromatic rings. The quantitative estimate of drug-likeness (QED) is 0.632. The first kappa shape index (κ1) is 14.1. The lowest BCUT2D eigenvalue weighted by Crippen LogP contribution is -2.02. The van der Waals surface area contributed by atoms with Crippen molar-refractivity contribution in [3.63, 3.8) is 0 Å². The van der Waals surface area contributed by atoms with Gasteiger partial charge in [0.2, 0.25) is 0 Å². The molecule has 0 heterocycles. The summed E-state index contributed by atoms with van der Waals surface area (Å²) in [4.78, 5) is -0.0666. The standard InChI is InChI=1S/C7H8O3S.C2H7NO/c1-6-2-4-7(5-3-6)11(8,9)10;3-1-2-4/h2-5H,1H3,(H,8,9,10);4H,1-3H2. The molecule has 0 bridgehead atoms. The molecule has 1 rings (SSSR count). The van der Waals surface area contributed by atoms with Crippen LogP contribution < -0.4 is 5.73 Å². The summed E-state index contributed by atoms with van der Waals surface area (Å²) in [5.41, 5.74) is 5.73. The zero-order valence-corrected chi connectivity index (χ0v) is 9.24. The first-order valence-corrected chi connectivity index (χ1v) is 5.71. The average Bonchev–Trinajstić information content (AvgIpc) is 2.17. The summed E-state index contributed by atoms with van der Waals surface area (Å²) in [7, 11) is -4.02. The number of nitrogens with two attached hydrogens (primary N) is 1. The first-order valence-electron chi connectivity index (χ1n) is 4.27. The van der Waals surface area contributed by atoms with Crippen LogP contribution in [-0.2, 0) is 10.1 Å². The third-order valence-electron chi connectivity index (χ3n) is 1.45. The van der Waals surface area contributed by atoms with Gasteiger partial charge in [-0.2, -0.15) is 8.42 Å². The van der Waals surface area contributed by atoms with Gasteiger partial charge < -0.3 is 10.8 Å². The number of benzene rings is 1. The SMILES string of the molecule is Cc1ccc(S(=O)(=O)O)cc1.NCCO. The van der Waals surface area contributed by atoms with Gasteiger partial charge in [0.1, 0.15) is 0 Å². The van der Waals surface area contributed by atoms with Gasteiger partial charge in [0, 0.05) is 6.54 Å². The molecule has 5 nitrogen and oxygen atoms in total. The third-order valence-corrected chi connectivity index (χ3v) is 2.32. The number of aliphatic hydroxyl groups excluding tert-OH is 1. The van der Waals surface area contributed by atoms with Gasteiger partial charge in [-0.3, -0.25) is 4.55 Å². The Labute approximate surface area is 89.3 Å². The molecule has 0 aliphatic heterocycles. The highest BCUT2D eigenvalue weighted by Gasteiger charge is 2.06. The van der Waals surface area contributed by atoms with Crippen LogP contribution in [0.2, 0.25) is 0 Å². The van der Waals surface area contributed by atoms with E-state index >= 15 is 0 Å². The fraction of sp³-hybridized carbons (Fsp3) is 0.333. The lowest BCUT2D eigenvalue weighted by Gasteiger charge is -1.95.